The predicted molar refractivity (Wildman–Crippen MR) is 73.1 cm³/mol. The summed E-state index contributed by atoms with van der Waals surface area (Å²) < 4.78 is 11.1. The third kappa shape index (κ3) is 2.88. The smallest absolute Gasteiger partial charge is 0.0933 e. The molecule has 0 saturated carbocycles. The summed E-state index contributed by atoms with van der Waals surface area (Å²) in [5, 5.41) is 3.63. The molecule has 98 valence electrons. The minimum absolute atomic E-state index is 0.209. The van der Waals surface area contributed by atoms with Gasteiger partial charge in [-0.2, -0.15) is 0 Å². The third-order valence-corrected chi connectivity index (χ3v) is 4.56. The molecule has 1 aromatic rings. The van der Waals surface area contributed by atoms with Gasteiger partial charge in [-0.25, -0.2) is 0 Å². The molecule has 1 fully saturated rings. The minimum atomic E-state index is 0.209. The Morgan fingerprint density at radius 2 is 2.22 bits per heavy atom. The lowest BCUT2D eigenvalue weighted by atomic mass is 10.0. The van der Waals surface area contributed by atoms with E-state index in [1.54, 1.807) is 0 Å². The van der Waals surface area contributed by atoms with Gasteiger partial charge in [0.2, 0.25) is 0 Å². The normalized spacial score (nSPS) is 27.8. The van der Waals surface area contributed by atoms with Crippen LogP contribution in [0.3, 0.4) is 0 Å². The molecule has 0 bridgehead atoms. The van der Waals surface area contributed by atoms with Crippen LogP contribution < -0.4 is 5.32 Å². The summed E-state index contributed by atoms with van der Waals surface area (Å²) in [4.78, 5) is 1.42. The van der Waals surface area contributed by atoms with E-state index in [9.17, 15) is 0 Å². The van der Waals surface area contributed by atoms with Gasteiger partial charge in [0.25, 0.3) is 0 Å². The lowest BCUT2D eigenvalue weighted by molar-refractivity contribution is -0.0871. The van der Waals surface area contributed by atoms with Gasteiger partial charge in [0, 0.05) is 17.5 Å². The van der Waals surface area contributed by atoms with Crippen molar-refractivity contribution in [2.75, 3.05) is 32.1 Å². The number of hydrogen-bond acceptors (Lipinski definition) is 4. The molecule has 1 aromatic carbocycles. The topological polar surface area (TPSA) is 30.5 Å². The molecule has 4 heteroatoms. The molecule has 0 aliphatic carbocycles. The van der Waals surface area contributed by atoms with Crippen molar-refractivity contribution >= 4 is 11.8 Å². The predicted octanol–water partition coefficient (Wildman–Crippen LogP) is 2.23. The molecule has 3 rings (SSSR count). The van der Waals surface area contributed by atoms with Gasteiger partial charge in [-0.05, 0) is 23.8 Å². The van der Waals surface area contributed by atoms with Gasteiger partial charge in [0.05, 0.1) is 25.9 Å². The second-order valence-electron chi connectivity index (χ2n) is 4.70. The second kappa shape index (κ2) is 6.06. The number of hydrogen-bond donors (Lipinski definition) is 1. The van der Waals surface area contributed by atoms with Gasteiger partial charge in [0.1, 0.15) is 0 Å². The quantitative estimate of drug-likeness (QED) is 0.908. The molecule has 2 atom stereocenters. The molecule has 2 aliphatic heterocycles. The number of ether oxygens (including phenoxy) is 2. The molecule has 3 nitrogen and oxygen atoms in total. The molecular formula is C14H19NO2S. The third-order valence-electron chi connectivity index (χ3n) is 3.44. The van der Waals surface area contributed by atoms with E-state index >= 15 is 0 Å². The highest BCUT2D eigenvalue weighted by molar-refractivity contribution is 7.99. The maximum absolute atomic E-state index is 5.66. The highest BCUT2D eigenvalue weighted by atomic mass is 32.2. The van der Waals surface area contributed by atoms with E-state index in [1.165, 1.54) is 22.6 Å². The summed E-state index contributed by atoms with van der Waals surface area (Å²) in [6.45, 7) is 3.06. The van der Waals surface area contributed by atoms with Crippen molar-refractivity contribution in [3.8, 4) is 0 Å². The first-order valence-corrected chi connectivity index (χ1v) is 7.56. The molecule has 0 spiro atoms. The van der Waals surface area contributed by atoms with Crippen molar-refractivity contribution in [2.24, 2.45) is 0 Å². The maximum atomic E-state index is 5.66. The molecule has 18 heavy (non-hydrogen) atoms. The van der Waals surface area contributed by atoms with Crippen molar-refractivity contribution in [2.45, 2.75) is 23.5 Å². The summed E-state index contributed by atoms with van der Waals surface area (Å²) >= 11 is 1.96. The Bertz CT molecular complexity index is 393. The first-order valence-electron chi connectivity index (χ1n) is 6.58. The molecule has 2 aliphatic rings. The van der Waals surface area contributed by atoms with Gasteiger partial charge in [-0.1, -0.05) is 18.2 Å². The molecule has 0 radical (unpaired) electrons. The fraction of sp³-hybridized carbons (Fsp3) is 0.571. The highest BCUT2D eigenvalue weighted by Crippen LogP contribution is 2.35. The molecular weight excluding hydrogens is 246 g/mol. The minimum Gasteiger partial charge on any atom is -0.376 e. The number of benzene rings is 1. The van der Waals surface area contributed by atoms with E-state index in [0.29, 0.717) is 6.04 Å². The zero-order valence-electron chi connectivity index (χ0n) is 10.4. The SMILES string of the molecule is c1ccc2c(c1)SCCC2NCC1COCCO1. The largest absolute Gasteiger partial charge is 0.376 e. The lowest BCUT2D eigenvalue weighted by Gasteiger charge is -2.29. The number of thioether (sulfide) groups is 1. The Morgan fingerprint density at radius 3 is 3.11 bits per heavy atom. The first kappa shape index (κ1) is 12.5. The van der Waals surface area contributed by atoms with Crippen LogP contribution in [0.2, 0.25) is 0 Å². The van der Waals surface area contributed by atoms with Crippen LogP contribution in [0.25, 0.3) is 0 Å². The van der Waals surface area contributed by atoms with E-state index in [0.717, 1.165) is 26.4 Å². The number of fused-ring (bicyclic) bond motifs is 1. The molecule has 2 unspecified atom stereocenters. The Morgan fingerprint density at radius 1 is 1.28 bits per heavy atom. The van der Waals surface area contributed by atoms with Gasteiger partial charge >= 0.3 is 0 Å². The van der Waals surface area contributed by atoms with Crippen molar-refractivity contribution in [1.29, 1.82) is 0 Å². The van der Waals surface area contributed by atoms with Crippen LogP contribution in [0.15, 0.2) is 29.2 Å². The fourth-order valence-electron chi connectivity index (χ4n) is 2.48. The molecule has 0 aromatic heterocycles. The van der Waals surface area contributed by atoms with Gasteiger partial charge in [-0.15, -0.1) is 11.8 Å². The number of rotatable bonds is 3. The van der Waals surface area contributed by atoms with Crippen LogP contribution in [0.5, 0.6) is 0 Å². The maximum Gasteiger partial charge on any atom is 0.0933 e. The van der Waals surface area contributed by atoms with Crippen molar-refractivity contribution in [1.82, 2.24) is 5.32 Å². The monoisotopic (exact) mass is 265 g/mol. The van der Waals surface area contributed by atoms with Crippen molar-refractivity contribution in [3.63, 3.8) is 0 Å². The Hall–Kier alpha value is -0.550. The zero-order valence-corrected chi connectivity index (χ0v) is 11.2. The van der Waals surface area contributed by atoms with E-state index in [1.807, 2.05) is 11.8 Å². The van der Waals surface area contributed by atoms with Crippen LogP contribution in [0.1, 0.15) is 18.0 Å². The molecule has 1 saturated heterocycles. The van der Waals surface area contributed by atoms with Crippen LogP contribution in [0.4, 0.5) is 0 Å². The summed E-state index contributed by atoms with van der Waals surface area (Å²) in [5.74, 6) is 1.19. The zero-order chi connectivity index (χ0) is 12.2. The van der Waals surface area contributed by atoms with E-state index < -0.39 is 0 Å². The van der Waals surface area contributed by atoms with Crippen LogP contribution in [-0.4, -0.2) is 38.2 Å². The van der Waals surface area contributed by atoms with E-state index in [2.05, 4.69) is 29.6 Å². The highest BCUT2D eigenvalue weighted by Gasteiger charge is 2.22. The number of nitrogens with one attached hydrogen (secondary N) is 1. The van der Waals surface area contributed by atoms with Gasteiger partial charge < -0.3 is 14.8 Å². The standard InChI is InChI=1S/C14H19NO2S/c1-2-4-14-12(3-1)13(5-8-18-14)15-9-11-10-16-6-7-17-11/h1-4,11,13,15H,5-10H2. The average Bonchev–Trinajstić information content (AvgIpc) is 2.46. The van der Waals surface area contributed by atoms with Crippen molar-refractivity contribution < 1.29 is 9.47 Å². The molecule has 1 N–H and O–H groups in total. The fourth-order valence-corrected chi connectivity index (χ4v) is 3.61. The van der Waals surface area contributed by atoms with Crippen LogP contribution in [-0.2, 0) is 9.47 Å². The summed E-state index contributed by atoms with van der Waals surface area (Å²) in [5.41, 5.74) is 1.44. The van der Waals surface area contributed by atoms with Crippen molar-refractivity contribution in [3.05, 3.63) is 29.8 Å². The Balaban J connectivity index is 1.60. The molecule has 0 amide bonds. The van der Waals surface area contributed by atoms with E-state index in [-0.39, 0.29) is 6.10 Å². The van der Waals surface area contributed by atoms with E-state index in [4.69, 9.17) is 9.47 Å². The summed E-state index contributed by atoms with van der Waals surface area (Å²) in [6, 6.07) is 9.16. The molecule has 2 heterocycles. The summed E-state index contributed by atoms with van der Waals surface area (Å²) in [7, 11) is 0. The second-order valence-corrected chi connectivity index (χ2v) is 5.84. The van der Waals surface area contributed by atoms with Gasteiger partial charge in [0.15, 0.2) is 0 Å². The average molecular weight is 265 g/mol. The first-order chi connectivity index (χ1) is 8.93. The Kier molecular flexibility index (Phi) is 4.20. The summed E-state index contributed by atoms with van der Waals surface area (Å²) in [6.07, 6.45) is 1.40. The lowest BCUT2D eigenvalue weighted by Crippen LogP contribution is -2.39. The van der Waals surface area contributed by atoms with Gasteiger partial charge in [-0.3, -0.25) is 0 Å². The van der Waals surface area contributed by atoms with Crippen LogP contribution >= 0.6 is 11.8 Å². The Labute approximate surface area is 112 Å². The van der Waals surface area contributed by atoms with Crippen LogP contribution in [0, 0.1) is 0 Å².